The fourth-order valence-corrected chi connectivity index (χ4v) is 2.32. The van der Waals surface area contributed by atoms with Crippen LogP contribution in [0.15, 0.2) is 32.9 Å². The summed E-state index contributed by atoms with van der Waals surface area (Å²) < 4.78 is 6.07. The molecule has 0 aromatic heterocycles. The molecule has 1 unspecified atom stereocenters. The second-order valence-electron chi connectivity index (χ2n) is 4.67. The Balaban J connectivity index is 1.95. The molecule has 0 bridgehead atoms. The van der Waals surface area contributed by atoms with E-state index in [1.165, 1.54) is 6.21 Å². The van der Waals surface area contributed by atoms with Crippen LogP contribution in [0.1, 0.15) is 18.9 Å². The van der Waals surface area contributed by atoms with E-state index in [0.717, 1.165) is 4.47 Å². The number of hydrogen-bond donors (Lipinski definition) is 2. The summed E-state index contributed by atoms with van der Waals surface area (Å²) >= 11 is 3.36. The number of nitrogens with one attached hydrogen (secondary N) is 2. The predicted octanol–water partition coefficient (Wildman–Crippen LogP) is 1.42. The van der Waals surface area contributed by atoms with Crippen LogP contribution in [-0.4, -0.2) is 30.9 Å². The number of amides is 2. The van der Waals surface area contributed by atoms with Crippen molar-refractivity contribution in [2.24, 2.45) is 16.1 Å². The van der Waals surface area contributed by atoms with E-state index in [4.69, 9.17) is 4.74 Å². The van der Waals surface area contributed by atoms with Crippen LogP contribution >= 0.6 is 15.9 Å². The molecule has 0 fully saturated rings. The van der Waals surface area contributed by atoms with Crippen molar-refractivity contribution in [3.63, 3.8) is 0 Å². The van der Waals surface area contributed by atoms with Crippen molar-refractivity contribution < 1.29 is 14.3 Å². The Labute approximate surface area is 135 Å². The molecule has 0 saturated carbocycles. The Morgan fingerprint density at radius 1 is 1.59 bits per heavy atom. The van der Waals surface area contributed by atoms with Crippen LogP contribution in [0.3, 0.4) is 0 Å². The average molecular weight is 367 g/mol. The van der Waals surface area contributed by atoms with E-state index in [2.05, 4.69) is 37.0 Å². The fraction of sp³-hybridized carbons (Fsp3) is 0.286. The first-order valence-electron chi connectivity index (χ1n) is 6.50. The Bertz CT molecular complexity index is 657. The molecule has 2 rings (SSSR count). The number of ether oxygens (including phenoxy) is 1. The van der Waals surface area contributed by atoms with Crippen LogP contribution in [0.25, 0.3) is 0 Å². The van der Waals surface area contributed by atoms with Crippen molar-refractivity contribution >= 4 is 39.7 Å². The van der Waals surface area contributed by atoms with E-state index in [-0.39, 0.29) is 18.2 Å². The number of methoxy groups -OCH3 is 1. The third-order valence-electron chi connectivity index (χ3n) is 3.14. The van der Waals surface area contributed by atoms with Crippen molar-refractivity contribution in [2.45, 2.75) is 13.3 Å². The molecule has 1 aliphatic rings. The summed E-state index contributed by atoms with van der Waals surface area (Å²) in [6.07, 6.45) is 1.49. The molecule has 0 spiro atoms. The Kier molecular flexibility index (Phi) is 5.26. The lowest BCUT2D eigenvalue weighted by atomic mass is 10.0. The first-order valence-corrected chi connectivity index (χ1v) is 7.30. The fourth-order valence-electron chi connectivity index (χ4n) is 1.94. The van der Waals surface area contributed by atoms with Gasteiger partial charge in [-0.25, -0.2) is 10.9 Å². The summed E-state index contributed by atoms with van der Waals surface area (Å²) in [6, 6.07) is 5.45. The van der Waals surface area contributed by atoms with Crippen LogP contribution in [0.5, 0.6) is 5.75 Å². The van der Waals surface area contributed by atoms with Crippen molar-refractivity contribution in [3.05, 3.63) is 28.2 Å². The standard InChI is InChI=1S/C14H15BrN4O3/c1-8-11(14(21)19-17-8)6-13(20)18-16-7-9-5-10(15)3-4-12(9)22-2/h3-5,7,11H,6H2,1-2H3,(H,18,20)(H,19,21). The summed E-state index contributed by atoms with van der Waals surface area (Å²) in [5.74, 6) is -0.526. The van der Waals surface area contributed by atoms with Gasteiger partial charge < -0.3 is 4.74 Å². The second kappa shape index (κ2) is 7.17. The molecular weight excluding hydrogens is 352 g/mol. The maximum absolute atomic E-state index is 11.8. The van der Waals surface area contributed by atoms with Gasteiger partial charge in [0.1, 0.15) is 5.75 Å². The van der Waals surface area contributed by atoms with Gasteiger partial charge in [0.2, 0.25) is 11.8 Å². The number of halogens is 1. The maximum atomic E-state index is 11.8. The number of carbonyl (C=O) groups is 2. The van der Waals surface area contributed by atoms with Gasteiger partial charge in [0, 0.05) is 22.2 Å². The summed E-state index contributed by atoms with van der Waals surface area (Å²) in [5.41, 5.74) is 6.04. The minimum atomic E-state index is -0.532. The molecule has 116 valence electrons. The molecule has 1 aliphatic heterocycles. The zero-order valence-corrected chi connectivity index (χ0v) is 13.7. The molecule has 0 aliphatic carbocycles. The normalized spacial score (nSPS) is 17.3. The lowest BCUT2D eigenvalue weighted by Crippen LogP contribution is -2.29. The first kappa shape index (κ1) is 16.2. The molecule has 1 atom stereocenters. The molecule has 22 heavy (non-hydrogen) atoms. The van der Waals surface area contributed by atoms with Gasteiger partial charge in [-0.05, 0) is 25.1 Å². The van der Waals surface area contributed by atoms with E-state index < -0.39 is 5.92 Å². The SMILES string of the molecule is COc1ccc(Br)cc1C=NNC(=O)CC1C(=O)NN=C1C. The molecule has 0 saturated heterocycles. The highest BCUT2D eigenvalue weighted by Crippen LogP contribution is 2.21. The molecule has 0 radical (unpaired) electrons. The monoisotopic (exact) mass is 366 g/mol. The van der Waals surface area contributed by atoms with E-state index in [0.29, 0.717) is 17.0 Å². The first-order chi connectivity index (χ1) is 10.5. The van der Waals surface area contributed by atoms with Crippen molar-refractivity contribution in [3.8, 4) is 5.75 Å². The van der Waals surface area contributed by atoms with Crippen LogP contribution in [0.2, 0.25) is 0 Å². The molecular formula is C14H15BrN4O3. The van der Waals surface area contributed by atoms with Gasteiger partial charge >= 0.3 is 0 Å². The summed E-state index contributed by atoms with van der Waals surface area (Å²) in [7, 11) is 1.56. The van der Waals surface area contributed by atoms with Crippen LogP contribution in [0.4, 0.5) is 0 Å². The molecule has 7 nitrogen and oxygen atoms in total. The minimum Gasteiger partial charge on any atom is -0.496 e. The Hall–Kier alpha value is -2.22. The zero-order valence-electron chi connectivity index (χ0n) is 12.1. The third-order valence-corrected chi connectivity index (χ3v) is 3.63. The highest BCUT2D eigenvalue weighted by atomic mass is 79.9. The minimum absolute atomic E-state index is 0.00806. The van der Waals surface area contributed by atoms with Gasteiger partial charge in [0.25, 0.3) is 0 Å². The molecule has 1 aromatic rings. The van der Waals surface area contributed by atoms with Gasteiger partial charge in [-0.15, -0.1) is 0 Å². The average Bonchev–Trinajstić information content (AvgIpc) is 2.79. The molecule has 2 N–H and O–H groups in total. The van der Waals surface area contributed by atoms with Gasteiger partial charge in [0.15, 0.2) is 0 Å². The predicted molar refractivity (Wildman–Crippen MR) is 85.8 cm³/mol. The van der Waals surface area contributed by atoms with Gasteiger partial charge in [-0.2, -0.15) is 10.2 Å². The molecule has 2 amide bonds. The van der Waals surface area contributed by atoms with E-state index in [1.807, 2.05) is 12.1 Å². The van der Waals surface area contributed by atoms with Crippen molar-refractivity contribution in [1.82, 2.24) is 10.9 Å². The third kappa shape index (κ3) is 3.91. The van der Waals surface area contributed by atoms with E-state index >= 15 is 0 Å². The second-order valence-corrected chi connectivity index (χ2v) is 5.58. The number of benzene rings is 1. The zero-order chi connectivity index (χ0) is 16.1. The van der Waals surface area contributed by atoms with Crippen LogP contribution < -0.4 is 15.6 Å². The quantitative estimate of drug-likeness (QED) is 0.609. The number of rotatable bonds is 5. The number of hydrazone groups is 2. The van der Waals surface area contributed by atoms with Crippen LogP contribution in [0, 0.1) is 5.92 Å². The van der Waals surface area contributed by atoms with Crippen molar-refractivity contribution in [1.29, 1.82) is 0 Å². The Morgan fingerprint density at radius 3 is 3.00 bits per heavy atom. The smallest absolute Gasteiger partial charge is 0.249 e. The number of carbonyl (C=O) groups excluding carboxylic acids is 2. The summed E-state index contributed by atoms with van der Waals surface area (Å²) in [4.78, 5) is 23.3. The number of hydrogen-bond acceptors (Lipinski definition) is 5. The molecule has 1 heterocycles. The topological polar surface area (TPSA) is 92.1 Å². The maximum Gasteiger partial charge on any atom is 0.249 e. The Morgan fingerprint density at radius 2 is 2.36 bits per heavy atom. The van der Waals surface area contributed by atoms with E-state index in [1.54, 1.807) is 20.1 Å². The van der Waals surface area contributed by atoms with Gasteiger partial charge in [0.05, 0.1) is 19.2 Å². The molecule has 8 heteroatoms. The lowest BCUT2D eigenvalue weighted by molar-refractivity contribution is -0.127. The summed E-state index contributed by atoms with van der Waals surface area (Å²) in [5, 5.41) is 7.68. The molecule has 1 aromatic carbocycles. The van der Waals surface area contributed by atoms with Gasteiger partial charge in [-0.3, -0.25) is 9.59 Å². The van der Waals surface area contributed by atoms with E-state index in [9.17, 15) is 9.59 Å². The largest absolute Gasteiger partial charge is 0.496 e. The number of nitrogens with zero attached hydrogens (tertiary/aromatic N) is 2. The van der Waals surface area contributed by atoms with Crippen molar-refractivity contribution in [2.75, 3.05) is 7.11 Å². The lowest BCUT2D eigenvalue weighted by Gasteiger charge is -2.06. The van der Waals surface area contributed by atoms with Crippen LogP contribution in [-0.2, 0) is 9.59 Å². The highest BCUT2D eigenvalue weighted by molar-refractivity contribution is 9.10. The summed E-state index contributed by atoms with van der Waals surface area (Å²) in [6.45, 7) is 1.70. The van der Waals surface area contributed by atoms with Gasteiger partial charge in [-0.1, -0.05) is 15.9 Å². The highest BCUT2D eigenvalue weighted by Gasteiger charge is 2.28.